The van der Waals surface area contributed by atoms with Gasteiger partial charge in [0.25, 0.3) is 0 Å². The number of hydrogen-bond acceptors (Lipinski definition) is 6. The molecular weight excluding hydrogens is 456 g/mol. The first-order valence-electron chi connectivity index (χ1n) is 12.6. The van der Waals surface area contributed by atoms with Crippen LogP contribution in [0.1, 0.15) is 31.0 Å². The number of piperidine rings is 1. The minimum atomic E-state index is -0.0394. The predicted octanol–water partition coefficient (Wildman–Crippen LogP) is 5.06. The van der Waals surface area contributed by atoms with E-state index in [-0.39, 0.29) is 12.3 Å². The molecule has 2 saturated heterocycles. The minimum absolute atomic E-state index is 0.0394. The number of ether oxygens (including phenoxy) is 1. The Kier molecular flexibility index (Phi) is 7.76. The summed E-state index contributed by atoms with van der Waals surface area (Å²) in [5, 5.41) is 5.97. The topological polar surface area (TPSA) is 57.7 Å². The molecule has 2 fully saturated rings. The van der Waals surface area contributed by atoms with E-state index in [1.54, 1.807) is 11.3 Å². The molecule has 7 heteroatoms. The molecule has 1 N–H and O–H groups in total. The number of morpholine rings is 1. The normalized spacial score (nSPS) is 17.5. The number of benzene rings is 2. The summed E-state index contributed by atoms with van der Waals surface area (Å²) in [6, 6.07) is 16.8. The molecule has 1 amide bonds. The number of carbonyl (C=O) groups is 1. The highest BCUT2D eigenvalue weighted by molar-refractivity contribution is 7.13. The SMILES string of the molecule is CC1CCN(c2ccc(NC(=O)Cc3csc(-c4cccc(CN5CCOCC5)c4)n3)cc2)CC1. The number of anilines is 2. The second-order valence-corrected chi connectivity index (χ2v) is 10.5. The smallest absolute Gasteiger partial charge is 0.230 e. The van der Waals surface area contributed by atoms with Crippen molar-refractivity contribution in [3.05, 3.63) is 65.2 Å². The molecule has 0 radical (unpaired) electrons. The first kappa shape index (κ1) is 24.0. The van der Waals surface area contributed by atoms with Crippen LogP contribution < -0.4 is 10.2 Å². The minimum Gasteiger partial charge on any atom is -0.379 e. The Morgan fingerprint density at radius 1 is 1.09 bits per heavy atom. The van der Waals surface area contributed by atoms with Crippen molar-refractivity contribution in [2.24, 2.45) is 5.92 Å². The van der Waals surface area contributed by atoms with Gasteiger partial charge in [-0.1, -0.05) is 25.1 Å². The highest BCUT2D eigenvalue weighted by Gasteiger charge is 2.16. The fraction of sp³-hybridized carbons (Fsp3) is 0.429. The number of rotatable bonds is 7. The first-order valence-corrected chi connectivity index (χ1v) is 13.5. The van der Waals surface area contributed by atoms with Gasteiger partial charge in [-0.2, -0.15) is 0 Å². The molecule has 0 spiro atoms. The second-order valence-electron chi connectivity index (χ2n) is 9.67. The summed E-state index contributed by atoms with van der Waals surface area (Å²) in [7, 11) is 0. The van der Waals surface area contributed by atoms with Gasteiger partial charge in [0.1, 0.15) is 5.01 Å². The summed E-state index contributed by atoms with van der Waals surface area (Å²) in [5.74, 6) is 0.776. The van der Waals surface area contributed by atoms with Crippen LogP contribution in [0.2, 0.25) is 0 Å². The average molecular weight is 491 g/mol. The highest BCUT2D eigenvalue weighted by atomic mass is 32.1. The van der Waals surface area contributed by atoms with Gasteiger partial charge in [-0.3, -0.25) is 9.69 Å². The summed E-state index contributed by atoms with van der Waals surface area (Å²) < 4.78 is 5.45. The maximum atomic E-state index is 12.7. The Balaban J connectivity index is 1.15. The highest BCUT2D eigenvalue weighted by Crippen LogP contribution is 2.26. The van der Waals surface area contributed by atoms with Crippen molar-refractivity contribution in [3.63, 3.8) is 0 Å². The van der Waals surface area contributed by atoms with E-state index in [0.29, 0.717) is 0 Å². The molecule has 3 aromatic rings. The third-order valence-corrected chi connectivity index (χ3v) is 7.82. The van der Waals surface area contributed by atoms with Crippen LogP contribution in [0.5, 0.6) is 0 Å². The van der Waals surface area contributed by atoms with Gasteiger partial charge in [0.15, 0.2) is 0 Å². The van der Waals surface area contributed by atoms with E-state index in [0.717, 1.165) is 73.8 Å². The molecule has 2 aliphatic heterocycles. The van der Waals surface area contributed by atoms with Gasteiger partial charge >= 0.3 is 0 Å². The molecule has 5 rings (SSSR count). The van der Waals surface area contributed by atoms with Crippen molar-refractivity contribution in [2.45, 2.75) is 32.7 Å². The molecule has 0 unspecified atom stereocenters. The van der Waals surface area contributed by atoms with Crippen molar-refractivity contribution in [1.82, 2.24) is 9.88 Å². The maximum Gasteiger partial charge on any atom is 0.230 e. The Morgan fingerprint density at radius 2 is 1.86 bits per heavy atom. The maximum absolute atomic E-state index is 12.7. The third kappa shape index (κ3) is 6.48. The lowest BCUT2D eigenvalue weighted by Crippen LogP contribution is -2.35. The first-order chi connectivity index (χ1) is 17.1. The average Bonchev–Trinajstić information content (AvgIpc) is 3.34. The van der Waals surface area contributed by atoms with Crippen LogP contribution in [-0.4, -0.2) is 55.2 Å². The number of amides is 1. The van der Waals surface area contributed by atoms with Crippen LogP contribution in [0.25, 0.3) is 10.6 Å². The van der Waals surface area contributed by atoms with E-state index in [9.17, 15) is 4.79 Å². The number of hydrogen-bond donors (Lipinski definition) is 1. The lowest BCUT2D eigenvalue weighted by molar-refractivity contribution is -0.115. The van der Waals surface area contributed by atoms with E-state index in [1.807, 2.05) is 17.5 Å². The van der Waals surface area contributed by atoms with Gasteiger partial charge in [-0.05, 0) is 54.7 Å². The van der Waals surface area contributed by atoms with Gasteiger partial charge in [0.2, 0.25) is 5.91 Å². The summed E-state index contributed by atoms with van der Waals surface area (Å²) in [6.07, 6.45) is 2.76. The van der Waals surface area contributed by atoms with Crippen LogP contribution >= 0.6 is 11.3 Å². The monoisotopic (exact) mass is 490 g/mol. The van der Waals surface area contributed by atoms with Gasteiger partial charge in [-0.15, -0.1) is 11.3 Å². The molecule has 184 valence electrons. The van der Waals surface area contributed by atoms with E-state index in [2.05, 4.69) is 58.4 Å². The molecule has 35 heavy (non-hydrogen) atoms. The quantitative estimate of drug-likeness (QED) is 0.502. The summed E-state index contributed by atoms with van der Waals surface area (Å²) in [5.41, 5.74) is 5.25. The summed E-state index contributed by atoms with van der Waals surface area (Å²) in [6.45, 7) is 9.02. The molecule has 2 aromatic carbocycles. The third-order valence-electron chi connectivity index (χ3n) is 6.88. The van der Waals surface area contributed by atoms with E-state index in [4.69, 9.17) is 9.72 Å². The fourth-order valence-corrected chi connectivity index (χ4v) is 5.55. The van der Waals surface area contributed by atoms with Crippen molar-refractivity contribution >= 4 is 28.6 Å². The molecule has 0 bridgehead atoms. The number of nitrogens with zero attached hydrogens (tertiary/aromatic N) is 3. The van der Waals surface area contributed by atoms with Crippen LogP contribution in [0.4, 0.5) is 11.4 Å². The van der Waals surface area contributed by atoms with Crippen LogP contribution in [-0.2, 0) is 22.5 Å². The zero-order valence-electron chi connectivity index (χ0n) is 20.4. The summed E-state index contributed by atoms with van der Waals surface area (Å²) >= 11 is 1.59. The molecule has 3 heterocycles. The molecule has 6 nitrogen and oxygen atoms in total. The molecule has 2 aliphatic rings. The zero-order chi connectivity index (χ0) is 24.0. The Morgan fingerprint density at radius 3 is 2.63 bits per heavy atom. The fourth-order valence-electron chi connectivity index (χ4n) is 4.73. The number of carbonyl (C=O) groups excluding carboxylic acids is 1. The molecule has 0 aliphatic carbocycles. The Labute approximate surface area is 211 Å². The lowest BCUT2D eigenvalue weighted by Gasteiger charge is -2.32. The Bertz CT molecular complexity index is 1120. The van der Waals surface area contributed by atoms with E-state index >= 15 is 0 Å². The van der Waals surface area contributed by atoms with Crippen molar-refractivity contribution in [3.8, 4) is 10.6 Å². The predicted molar refractivity (Wildman–Crippen MR) is 143 cm³/mol. The van der Waals surface area contributed by atoms with E-state index in [1.165, 1.54) is 24.1 Å². The van der Waals surface area contributed by atoms with Crippen molar-refractivity contribution in [2.75, 3.05) is 49.6 Å². The van der Waals surface area contributed by atoms with Crippen molar-refractivity contribution < 1.29 is 9.53 Å². The van der Waals surface area contributed by atoms with Crippen LogP contribution in [0.15, 0.2) is 53.9 Å². The van der Waals surface area contributed by atoms with Gasteiger partial charge in [0.05, 0.1) is 25.3 Å². The van der Waals surface area contributed by atoms with Crippen LogP contribution in [0.3, 0.4) is 0 Å². The Hall–Kier alpha value is -2.74. The molecule has 1 aromatic heterocycles. The number of aromatic nitrogens is 1. The molecular formula is C28H34N4O2S. The van der Waals surface area contributed by atoms with Crippen LogP contribution in [0, 0.1) is 5.92 Å². The number of nitrogens with one attached hydrogen (secondary N) is 1. The molecule has 0 atom stereocenters. The standard InChI is InChI=1S/C28H34N4O2S/c1-21-9-11-32(12-10-21)26-7-5-24(6-8-26)29-27(33)18-25-20-35-28(30-25)23-4-2-3-22(17-23)19-31-13-15-34-16-14-31/h2-8,17,20-21H,9-16,18-19H2,1H3,(H,29,33). The molecule has 0 saturated carbocycles. The largest absolute Gasteiger partial charge is 0.379 e. The zero-order valence-corrected chi connectivity index (χ0v) is 21.2. The van der Waals surface area contributed by atoms with Gasteiger partial charge < -0.3 is 15.0 Å². The van der Waals surface area contributed by atoms with Crippen molar-refractivity contribution in [1.29, 1.82) is 0 Å². The van der Waals surface area contributed by atoms with Gasteiger partial charge in [-0.25, -0.2) is 4.98 Å². The number of thiazole rings is 1. The summed E-state index contributed by atoms with van der Waals surface area (Å²) in [4.78, 5) is 22.2. The second kappa shape index (κ2) is 11.3. The lowest BCUT2D eigenvalue weighted by atomic mass is 9.99. The van der Waals surface area contributed by atoms with Gasteiger partial charge in [0, 0.05) is 55.0 Å². The van der Waals surface area contributed by atoms with E-state index < -0.39 is 0 Å².